The van der Waals surface area contributed by atoms with E-state index >= 15 is 0 Å². The van der Waals surface area contributed by atoms with Crippen LogP contribution in [0.25, 0.3) is 10.6 Å². The number of hydrogen-bond donors (Lipinski definition) is 3. The number of aryl methyl sites for hydroxylation is 1. The third-order valence-electron chi connectivity index (χ3n) is 4.47. The van der Waals surface area contributed by atoms with Crippen LogP contribution in [0.15, 0.2) is 57.5 Å². The fourth-order valence-corrected chi connectivity index (χ4v) is 3.66. The fourth-order valence-electron chi connectivity index (χ4n) is 2.80. The number of nitrogens with zero attached hydrogens (tertiary/aromatic N) is 2. The molecule has 0 radical (unpaired) electrons. The van der Waals surface area contributed by atoms with Crippen molar-refractivity contribution in [2.45, 2.75) is 32.8 Å². The normalized spacial score (nSPS) is 13.9. The Balaban J connectivity index is 1.55. The van der Waals surface area contributed by atoms with Crippen molar-refractivity contribution in [3.63, 3.8) is 0 Å². The van der Waals surface area contributed by atoms with E-state index in [4.69, 9.17) is 9.40 Å². The van der Waals surface area contributed by atoms with Crippen LogP contribution in [0.1, 0.15) is 30.9 Å². The molecule has 29 heavy (non-hydrogen) atoms. The molecule has 0 amide bonds. The third kappa shape index (κ3) is 5.92. The largest absolute Gasteiger partial charge is 0.466 e. The number of hydrogen-bond acceptors (Lipinski definition) is 5. The standard InChI is InChI=1S/C22H28N4O2S/c1-4-23-21(25-15-22(3,27)19-6-5-13-28-19)24-12-11-18-14-29-20(26-18)17-9-7-16(2)8-10-17/h5-10,13-14,27H,4,11-12,15H2,1-3H3,(H2,23,24,25). The molecule has 2 heterocycles. The highest BCUT2D eigenvalue weighted by Gasteiger charge is 2.26. The second-order valence-corrected chi connectivity index (χ2v) is 7.99. The number of aliphatic imine (C=N–C) groups is 1. The van der Waals surface area contributed by atoms with Crippen LogP contribution in [-0.2, 0) is 12.0 Å². The van der Waals surface area contributed by atoms with E-state index in [1.54, 1.807) is 36.7 Å². The quantitative estimate of drug-likeness (QED) is 0.388. The lowest BCUT2D eigenvalue weighted by Crippen LogP contribution is -2.39. The number of aliphatic hydroxyl groups is 1. The summed E-state index contributed by atoms with van der Waals surface area (Å²) < 4.78 is 5.31. The molecule has 0 bridgehead atoms. The molecule has 3 aromatic rings. The first-order chi connectivity index (χ1) is 14.0. The van der Waals surface area contributed by atoms with E-state index in [-0.39, 0.29) is 6.54 Å². The lowest BCUT2D eigenvalue weighted by Gasteiger charge is -2.19. The Labute approximate surface area is 175 Å². The minimum atomic E-state index is -1.15. The second kappa shape index (κ2) is 9.71. The Hall–Kier alpha value is -2.64. The highest BCUT2D eigenvalue weighted by molar-refractivity contribution is 7.13. The third-order valence-corrected chi connectivity index (χ3v) is 5.41. The first-order valence-electron chi connectivity index (χ1n) is 9.78. The average molecular weight is 413 g/mol. The van der Waals surface area contributed by atoms with Crippen molar-refractivity contribution in [2.24, 2.45) is 4.99 Å². The van der Waals surface area contributed by atoms with Crippen LogP contribution in [0.5, 0.6) is 0 Å². The van der Waals surface area contributed by atoms with E-state index in [1.807, 2.05) is 6.92 Å². The highest BCUT2D eigenvalue weighted by atomic mass is 32.1. The van der Waals surface area contributed by atoms with Gasteiger partial charge in [-0.3, -0.25) is 0 Å². The summed E-state index contributed by atoms with van der Waals surface area (Å²) in [5.74, 6) is 1.16. The molecule has 0 spiro atoms. The van der Waals surface area contributed by atoms with Crippen LogP contribution < -0.4 is 10.6 Å². The van der Waals surface area contributed by atoms with Gasteiger partial charge in [0.2, 0.25) is 0 Å². The summed E-state index contributed by atoms with van der Waals surface area (Å²) in [5, 5.41) is 20.2. The molecule has 6 nitrogen and oxygen atoms in total. The van der Waals surface area contributed by atoms with Crippen molar-refractivity contribution in [1.29, 1.82) is 0 Å². The van der Waals surface area contributed by atoms with Gasteiger partial charge in [-0.2, -0.15) is 0 Å². The zero-order valence-electron chi connectivity index (χ0n) is 17.1. The predicted molar refractivity (Wildman–Crippen MR) is 118 cm³/mol. The van der Waals surface area contributed by atoms with E-state index in [0.29, 0.717) is 18.3 Å². The van der Waals surface area contributed by atoms with Crippen molar-refractivity contribution < 1.29 is 9.52 Å². The van der Waals surface area contributed by atoms with Crippen LogP contribution in [0.3, 0.4) is 0 Å². The Morgan fingerprint density at radius 2 is 2.03 bits per heavy atom. The average Bonchev–Trinajstić information content (AvgIpc) is 3.39. The van der Waals surface area contributed by atoms with E-state index in [9.17, 15) is 5.11 Å². The van der Waals surface area contributed by atoms with E-state index < -0.39 is 5.60 Å². The van der Waals surface area contributed by atoms with Gasteiger partial charge in [-0.15, -0.1) is 11.3 Å². The van der Waals surface area contributed by atoms with Gasteiger partial charge >= 0.3 is 0 Å². The minimum absolute atomic E-state index is 0.199. The number of benzene rings is 1. The lowest BCUT2D eigenvalue weighted by molar-refractivity contribution is 0.0437. The van der Waals surface area contributed by atoms with Gasteiger partial charge in [0.1, 0.15) is 16.4 Å². The predicted octanol–water partition coefficient (Wildman–Crippen LogP) is 3.72. The van der Waals surface area contributed by atoms with Gasteiger partial charge in [-0.25, -0.2) is 9.98 Å². The Morgan fingerprint density at radius 3 is 2.72 bits per heavy atom. The first kappa shape index (κ1) is 21.1. The summed E-state index contributed by atoms with van der Waals surface area (Å²) in [4.78, 5) is 9.24. The van der Waals surface area contributed by atoms with Crippen molar-refractivity contribution in [3.8, 4) is 10.6 Å². The molecule has 154 valence electrons. The smallest absolute Gasteiger partial charge is 0.191 e. The van der Waals surface area contributed by atoms with Crippen LogP contribution in [0, 0.1) is 6.92 Å². The molecule has 0 aliphatic heterocycles. The molecule has 1 aromatic carbocycles. The molecular weight excluding hydrogens is 384 g/mol. The number of aromatic nitrogens is 1. The van der Waals surface area contributed by atoms with Crippen molar-refractivity contribution in [1.82, 2.24) is 15.6 Å². The van der Waals surface area contributed by atoms with Gasteiger partial charge in [-0.05, 0) is 32.9 Å². The molecule has 1 atom stereocenters. The van der Waals surface area contributed by atoms with E-state index in [2.05, 4.69) is 52.2 Å². The maximum Gasteiger partial charge on any atom is 0.191 e. The van der Waals surface area contributed by atoms with Crippen molar-refractivity contribution >= 4 is 17.3 Å². The summed E-state index contributed by atoms with van der Waals surface area (Å²) in [6.45, 7) is 7.43. The molecule has 0 saturated carbocycles. The zero-order valence-corrected chi connectivity index (χ0v) is 17.9. The van der Waals surface area contributed by atoms with Gasteiger partial charge in [0.15, 0.2) is 5.96 Å². The summed E-state index contributed by atoms with van der Waals surface area (Å²) in [7, 11) is 0. The zero-order chi connectivity index (χ0) is 20.7. The number of rotatable bonds is 8. The first-order valence-corrected chi connectivity index (χ1v) is 10.7. The SMILES string of the molecule is CCNC(=NCC(C)(O)c1ccco1)NCCc1csc(-c2ccc(C)cc2)n1. The van der Waals surface area contributed by atoms with E-state index in [1.165, 1.54) is 5.56 Å². The summed E-state index contributed by atoms with van der Waals surface area (Å²) >= 11 is 1.66. The Bertz CT molecular complexity index is 915. The van der Waals surface area contributed by atoms with Crippen LogP contribution >= 0.6 is 11.3 Å². The lowest BCUT2D eigenvalue weighted by atomic mass is 10.0. The van der Waals surface area contributed by atoms with Gasteiger partial charge < -0.3 is 20.2 Å². The molecular formula is C22H28N4O2S. The molecule has 3 rings (SSSR count). The minimum Gasteiger partial charge on any atom is -0.466 e. The summed E-state index contributed by atoms with van der Waals surface area (Å²) in [5.41, 5.74) is 2.30. The number of guanidine groups is 1. The molecule has 2 aromatic heterocycles. The van der Waals surface area contributed by atoms with Crippen LogP contribution in [0.2, 0.25) is 0 Å². The van der Waals surface area contributed by atoms with Crippen LogP contribution in [-0.4, -0.2) is 35.7 Å². The van der Waals surface area contributed by atoms with Crippen molar-refractivity contribution in [3.05, 3.63) is 65.1 Å². The van der Waals surface area contributed by atoms with Gasteiger partial charge in [0.05, 0.1) is 18.5 Å². The molecule has 0 aliphatic rings. The summed E-state index contributed by atoms with van der Waals surface area (Å²) in [6.07, 6.45) is 2.34. The van der Waals surface area contributed by atoms with Gasteiger partial charge in [0.25, 0.3) is 0 Å². The number of furan rings is 1. The highest BCUT2D eigenvalue weighted by Crippen LogP contribution is 2.24. The molecule has 3 N–H and O–H groups in total. The maximum absolute atomic E-state index is 10.6. The second-order valence-electron chi connectivity index (χ2n) is 7.13. The number of nitrogens with one attached hydrogen (secondary N) is 2. The monoisotopic (exact) mass is 412 g/mol. The van der Waals surface area contributed by atoms with E-state index in [0.717, 1.165) is 29.2 Å². The maximum atomic E-state index is 10.6. The Morgan fingerprint density at radius 1 is 1.24 bits per heavy atom. The molecule has 7 heteroatoms. The molecule has 1 unspecified atom stereocenters. The molecule has 0 aliphatic carbocycles. The Kier molecular flexibility index (Phi) is 7.06. The fraction of sp³-hybridized carbons (Fsp3) is 0.364. The van der Waals surface area contributed by atoms with Crippen molar-refractivity contribution in [2.75, 3.05) is 19.6 Å². The van der Waals surface area contributed by atoms with Gasteiger partial charge in [-0.1, -0.05) is 29.8 Å². The number of thiazole rings is 1. The molecule has 0 saturated heterocycles. The molecule has 0 fully saturated rings. The summed E-state index contributed by atoms with van der Waals surface area (Å²) in [6, 6.07) is 11.9. The van der Waals surface area contributed by atoms with Crippen LogP contribution in [0.4, 0.5) is 0 Å². The van der Waals surface area contributed by atoms with Gasteiger partial charge in [0, 0.05) is 30.5 Å². The topological polar surface area (TPSA) is 82.7 Å².